The zero-order valence-corrected chi connectivity index (χ0v) is 15.2. The van der Waals surface area contributed by atoms with Gasteiger partial charge in [0, 0.05) is 6.54 Å². The molecular weight excluding hydrogens is 342 g/mol. The summed E-state index contributed by atoms with van der Waals surface area (Å²) in [6, 6.07) is 11.9. The van der Waals surface area contributed by atoms with Crippen molar-refractivity contribution in [3.05, 3.63) is 66.0 Å². The van der Waals surface area contributed by atoms with E-state index in [9.17, 15) is 4.79 Å². The van der Waals surface area contributed by atoms with Crippen LogP contribution in [0, 0.1) is 6.92 Å². The van der Waals surface area contributed by atoms with Crippen molar-refractivity contribution in [2.45, 2.75) is 32.1 Å². The van der Waals surface area contributed by atoms with Gasteiger partial charge < -0.3 is 18.6 Å². The number of hydrogen-bond donors (Lipinski definition) is 0. The van der Waals surface area contributed by atoms with Crippen molar-refractivity contribution in [1.29, 1.82) is 0 Å². The Morgan fingerprint density at radius 3 is 2.81 bits per heavy atom. The van der Waals surface area contributed by atoms with E-state index >= 15 is 0 Å². The number of carbonyl (C=O) groups is 1. The summed E-state index contributed by atoms with van der Waals surface area (Å²) in [5, 5.41) is 0. The van der Waals surface area contributed by atoms with Crippen LogP contribution in [0.2, 0.25) is 0 Å². The molecule has 0 radical (unpaired) electrons. The van der Waals surface area contributed by atoms with Gasteiger partial charge in [0.25, 0.3) is 5.91 Å². The van der Waals surface area contributed by atoms with Crippen LogP contribution in [0.3, 0.4) is 0 Å². The Labute approximate surface area is 157 Å². The number of hydrogen-bond acceptors (Lipinski definition) is 4. The van der Waals surface area contributed by atoms with Crippen LogP contribution in [0.1, 0.15) is 28.4 Å². The van der Waals surface area contributed by atoms with E-state index < -0.39 is 0 Å². The highest BCUT2D eigenvalue weighted by atomic mass is 16.5. The van der Waals surface area contributed by atoms with E-state index in [1.807, 2.05) is 11.1 Å². The minimum atomic E-state index is -0.366. The van der Waals surface area contributed by atoms with Crippen LogP contribution in [0.5, 0.6) is 0 Å². The Balaban J connectivity index is 1.40. The molecule has 4 heterocycles. The normalized spacial score (nSPS) is 21.6. The SMILES string of the molecule is Cc1ccc(-c2cnc3n2CC2(CCN(C(=O)c4ccco4)C2)OC3)cc1. The molecule has 1 spiro atoms. The summed E-state index contributed by atoms with van der Waals surface area (Å²) in [7, 11) is 0. The van der Waals surface area contributed by atoms with E-state index in [1.54, 1.807) is 12.1 Å². The van der Waals surface area contributed by atoms with Crippen molar-refractivity contribution in [3.63, 3.8) is 0 Å². The highest BCUT2D eigenvalue weighted by molar-refractivity contribution is 5.91. The van der Waals surface area contributed by atoms with Gasteiger partial charge in [0.1, 0.15) is 18.0 Å². The molecule has 1 fully saturated rings. The number of benzene rings is 1. The summed E-state index contributed by atoms with van der Waals surface area (Å²) in [6.07, 6.45) is 4.26. The molecular formula is C21H21N3O3. The molecule has 1 atom stereocenters. The smallest absolute Gasteiger partial charge is 0.289 e. The van der Waals surface area contributed by atoms with Gasteiger partial charge in [-0.1, -0.05) is 29.8 Å². The molecule has 0 N–H and O–H groups in total. The number of aryl methyl sites for hydroxylation is 1. The highest BCUT2D eigenvalue weighted by Gasteiger charge is 2.45. The second-order valence-corrected chi connectivity index (χ2v) is 7.44. The van der Waals surface area contributed by atoms with Gasteiger partial charge in [-0.15, -0.1) is 0 Å². The van der Waals surface area contributed by atoms with Crippen LogP contribution in [0.4, 0.5) is 0 Å². The molecule has 1 aromatic carbocycles. The molecule has 5 rings (SSSR count). The lowest BCUT2D eigenvalue weighted by Crippen LogP contribution is -2.45. The average Bonchev–Trinajstić information content (AvgIpc) is 3.42. The van der Waals surface area contributed by atoms with Crippen molar-refractivity contribution in [2.75, 3.05) is 13.1 Å². The average molecular weight is 363 g/mol. The lowest BCUT2D eigenvalue weighted by Gasteiger charge is -2.35. The molecule has 1 unspecified atom stereocenters. The molecule has 6 nitrogen and oxygen atoms in total. The highest BCUT2D eigenvalue weighted by Crippen LogP contribution is 2.35. The first-order valence-electron chi connectivity index (χ1n) is 9.22. The summed E-state index contributed by atoms with van der Waals surface area (Å²) in [5.74, 6) is 1.24. The molecule has 3 aromatic rings. The molecule has 0 saturated carbocycles. The number of likely N-dealkylation sites (tertiary alicyclic amines) is 1. The van der Waals surface area contributed by atoms with E-state index in [2.05, 4.69) is 40.7 Å². The van der Waals surface area contributed by atoms with E-state index in [0.717, 1.165) is 23.5 Å². The van der Waals surface area contributed by atoms with Gasteiger partial charge in [0.05, 0.1) is 31.2 Å². The number of amides is 1. The first kappa shape index (κ1) is 16.3. The third-order valence-electron chi connectivity index (χ3n) is 5.57. The number of aromatic nitrogens is 2. The summed E-state index contributed by atoms with van der Waals surface area (Å²) >= 11 is 0. The Bertz CT molecular complexity index is 975. The number of ether oxygens (including phenoxy) is 1. The second kappa shape index (κ2) is 6.09. The van der Waals surface area contributed by atoms with Crippen LogP contribution in [0.25, 0.3) is 11.3 Å². The molecule has 1 amide bonds. The quantitative estimate of drug-likeness (QED) is 0.701. The molecule has 2 aromatic heterocycles. The molecule has 6 heteroatoms. The van der Waals surface area contributed by atoms with Crippen molar-refractivity contribution >= 4 is 5.91 Å². The van der Waals surface area contributed by atoms with Crippen LogP contribution < -0.4 is 0 Å². The van der Waals surface area contributed by atoms with Gasteiger partial charge in [-0.05, 0) is 31.0 Å². The minimum absolute atomic E-state index is 0.0735. The fourth-order valence-electron chi connectivity index (χ4n) is 4.03. The van der Waals surface area contributed by atoms with E-state index in [0.29, 0.717) is 32.0 Å². The Hall–Kier alpha value is -2.86. The van der Waals surface area contributed by atoms with E-state index in [1.165, 1.54) is 11.8 Å². The van der Waals surface area contributed by atoms with E-state index in [4.69, 9.17) is 9.15 Å². The van der Waals surface area contributed by atoms with Gasteiger partial charge in [-0.25, -0.2) is 4.98 Å². The van der Waals surface area contributed by atoms with Gasteiger partial charge in [-0.3, -0.25) is 4.79 Å². The first-order chi connectivity index (χ1) is 13.1. The minimum Gasteiger partial charge on any atom is -0.459 e. The Morgan fingerprint density at radius 2 is 2.04 bits per heavy atom. The molecule has 138 valence electrons. The van der Waals surface area contributed by atoms with Crippen LogP contribution >= 0.6 is 0 Å². The predicted molar refractivity (Wildman–Crippen MR) is 99.1 cm³/mol. The van der Waals surface area contributed by atoms with Crippen LogP contribution in [-0.4, -0.2) is 39.0 Å². The van der Waals surface area contributed by atoms with Gasteiger partial charge in [0.2, 0.25) is 0 Å². The zero-order chi connectivity index (χ0) is 18.4. The van der Waals surface area contributed by atoms with Crippen molar-refractivity contribution in [2.24, 2.45) is 0 Å². The number of carbonyl (C=O) groups excluding carboxylic acids is 1. The van der Waals surface area contributed by atoms with Crippen molar-refractivity contribution < 1.29 is 13.9 Å². The molecule has 2 aliphatic rings. The zero-order valence-electron chi connectivity index (χ0n) is 15.2. The van der Waals surface area contributed by atoms with Gasteiger partial charge in [0.15, 0.2) is 5.76 Å². The number of nitrogens with zero attached hydrogens (tertiary/aromatic N) is 3. The third kappa shape index (κ3) is 2.77. The standard InChI is InChI=1S/C21H21N3O3/c1-15-4-6-16(7-5-15)17-11-22-19-12-27-21(14-24(17)19)8-9-23(13-21)20(25)18-3-2-10-26-18/h2-7,10-11H,8-9,12-14H2,1H3. The molecule has 27 heavy (non-hydrogen) atoms. The molecule has 0 bridgehead atoms. The maximum absolute atomic E-state index is 12.6. The van der Waals surface area contributed by atoms with Gasteiger partial charge >= 0.3 is 0 Å². The third-order valence-corrected chi connectivity index (χ3v) is 5.57. The summed E-state index contributed by atoms with van der Waals surface area (Å²) in [4.78, 5) is 19.0. The van der Waals surface area contributed by atoms with Crippen LogP contribution in [-0.2, 0) is 17.9 Å². The monoisotopic (exact) mass is 363 g/mol. The second-order valence-electron chi connectivity index (χ2n) is 7.44. The number of imidazole rings is 1. The largest absolute Gasteiger partial charge is 0.459 e. The summed E-state index contributed by atoms with van der Waals surface area (Å²) in [5.41, 5.74) is 3.12. The fraction of sp³-hybridized carbons (Fsp3) is 0.333. The van der Waals surface area contributed by atoms with Gasteiger partial charge in [-0.2, -0.15) is 0 Å². The lowest BCUT2D eigenvalue weighted by atomic mass is 10.0. The summed E-state index contributed by atoms with van der Waals surface area (Å²) < 4.78 is 13.7. The number of furan rings is 1. The molecule has 2 aliphatic heterocycles. The Morgan fingerprint density at radius 1 is 1.19 bits per heavy atom. The predicted octanol–water partition coefficient (Wildman–Crippen LogP) is 3.27. The maximum atomic E-state index is 12.6. The topological polar surface area (TPSA) is 60.5 Å². The van der Waals surface area contributed by atoms with E-state index in [-0.39, 0.29) is 11.5 Å². The fourth-order valence-corrected chi connectivity index (χ4v) is 4.03. The Kier molecular flexibility index (Phi) is 3.68. The number of fused-ring (bicyclic) bond motifs is 1. The van der Waals surface area contributed by atoms with Crippen molar-refractivity contribution in [3.8, 4) is 11.3 Å². The molecule has 0 aliphatic carbocycles. The number of rotatable bonds is 2. The first-order valence-corrected chi connectivity index (χ1v) is 9.22. The van der Waals surface area contributed by atoms with Crippen LogP contribution in [0.15, 0.2) is 53.3 Å². The van der Waals surface area contributed by atoms with Crippen molar-refractivity contribution in [1.82, 2.24) is 14.5 Å². The maximum Gasteiger partial charge on any atom is 0.289 e. The lowest BCUT2D eigenvalue weighted by molar-refractivity contribution is -0.0805. The molecule has 1 saturated heterocycles. The summed E-state index contributed by atoms with van der Waals surface area (Å²) in [6.45, 7) is 4.49.